The lowest BCUT2D eigenvalue weighted by Crippen LogP contribution is -2.22. The first-order valence-corrected chi connectivity index (χ1v) is 8.97. The Kier molecular flexibility index (Phi) is 4.85. The molecule has 1 aliphatic heterocycles. The summed E-state index contributed by atoms with van der Waals surface area (Å²) in [5, 5.41) is 13.6. The van der Waals surface area contributed by atoms with Crippen molar-refractivity contribution in [2.75, 3.05) is 12.1 Å². The summed E-state index contributed by atoms with van der Waals surface area (Å²) < 4.78 is 23.7. The summed E-state index contributed by atoms with van der Waals surface area (Å²) in [5.41, 5.74) is 0.732. The van der Waals surface area contributed by atoms with E-state index in [1.54, 1.807) is 18.2 Å². The van der Waals surface area contributed by atoms with Crippen LogP contribution in [0, 0.1) is 5.82 Å². The molecule has 10 heteroatoms. The topological polar surface area (TPSA) is 102 Å². The van der Waals surface area contributed by atoms with Crippen molar-refractivity contribution >= 4 is 28.8 Å². The summed E-state index contributed by atoms with van der Waals surface area (Å²) in [6, 6.07) is 10.4. The van der Waals surface area contributed by atoms with E-state index in [1.807, 2.05) is 0 Å². The second kappa shape index (κ2) is 7.61. The van der Waals surface area contributed by atoms with Crippen molar-refractivity contribution in [2.45, 2.75) is 6.54 Å². The number of amides is 2. The maximum atomic E-state index is 13.2. The van der Waals surface area contributed by atoms with Gasteiger partial charge in [0.05, 0.1) is 6.54 Å². The number of ether oxygens (including phenoxy) is 2. The molecule has 0 spiro atoms. The van der Waals surface area contributed by atoms with Gasteiger partial charge in [0.1, 0.15) is 10.8 Å². The third kappa shape index (κ3) is 3.91. The standard InChI is InChI=1S/C18H13FN4O4S/c19-11-3-1-2-10(6-11)16(24)20-8-15-22-23-18(28-15)17(25)21-12-4-5-13-14(7-12)27-9-26-13/h1-7H,8-9H2,(H,20,24)(H,21,25). The summed E-state index contributed by atoms with van der Waals surface area (Å²) in [5.74, 6) is -0.202. The number of aromatic nitrogens is 2. The van der Waals surface area contributed by atoms with Crippen LogP contribution in [0.5, 0.6) is 11.5 Å². The molecule has 2 amide bonds. The molecule has 2 N–H and O–H groups in total. The van der Waals surface area contributed by atoms with Gasteiger partial charge in [0.2, 0.25) is 11.8 Å². The highest BCUT2D eigenvalue weighted by atomic mass is 32.1. The average Bonchev–Trinajstić information content (AvgIpc) is 3.35. The van der Waals surface area contributed by atoms with Crippen LogP contribution >= 0.6 is 11.3 Å². The number of carbonyl (C=O) groups is 2. The number of hydrogen-bond acceptors (Lipinski definition) is 7. The van der Waals surface area contributed by atoms with Crippen molar-refractivity contribution in [3.05, 3.63) is 63.9 Å². The highest BCUT2D eigenvalue weighted by Gasteiger charge is 2.17. The molecule has 4 rings (SSSR count). The lowest BCUT2D eigenvalue weighted by molar-refractivity contribution is 0.0949. The minimum Gasteiger partial charge on any atom is -0.454 e. The van der Waals surface area contributed by atoms with E-state index in [0.717, 1.165) is 17.4 Å². The summed E-state index contributed by atoms with van der Waals surface area (Å²) in [6.07, 6.45) is 0. The predicted octanol–water partition coefficient (Wildman–Crippen LogP) is 2.59. The first-order chi connectivity index (χ1) is 13.6. The Labute approximate surface area is 162 Å². The minimum absolute atomic E-state index is 0.0737. The fraction of sp³-hybridized carbons (Fsp3) is 0.111. The van der Waals surface area contributed by atoms with E-state index >= 15 is 0 Å². The predicted molar refractivity (Wildman–Crippen MR) is 98.0 cm³/mol. The van der Waals surface area contributed by atoms with Crippen molar-refractivity contribution in [2.24, 2.45) is 0 Å². The largest absolute Gasteiger partial charge is 0.454 e. The van der Waals surface area contributed by atoms with Gasteiger partial charge in [0, 0.05) is 17.3 Å². The number of nitrogens with one attached hydrogen (secondary N) is 2. The summed E-state index contributed by atoms with van der Waals surface area (Å²) in [6.45, 7) is 0.220. The van der Waals surface area contributed by atoms with Crippen LogP contribution < -0.4 is 20.1 Å². The number of fused-ring (bicyclic) bond motifs is 1. The van der Waals surface area contributed by atoms with Crippen LogP contribution in [0.1, 0.15) is 25.2 Å². The molecule has 0 bridgehead atoms. The molecule has 0 radical (unpaired) electrons. The fourth-order valence-corrected chi connectivity index (χ4v) is 3.14. The van der Waals surface area contributed by atoms with Crippen molar-refractivity contribution in [1.29, 1.82) is 0 Å². The summed E-state index contributed by atoms with van der Waals surface area (Å²) in [7, 11) is 0. The molecule has 8 nitrogen and oxygen atoms in total. The van der Waals surface area contributed by atoms with E-state index in [-0.39, 0.29) is 23.9 Å². The lowest BCUT2D eigenvalue weighted by Gasteiger charge is -2.04. The Morgan fingerprint density at radius 3 is 2.79 bits per heavy atom. The van der Waals surface area contributed by atoms with Gasteiger partial charge in [-0.25, -0.2) is 4.39 Å². The van der Waals surface area contributed by atoms with Gasteiger partial charge in [-0.2, -0.15) is 0 Å². The van der Waals surface area contributed by atoms with E-state index in [0.29, 0.717) is 22.2 Å². The zero-order valence-corrected chi connectivity index (χ0v) is 15.1. The van der Waals surface area contributed by atoms with E-state index < -0.39 is 17.6 Å². The molecule has 0 saturated carbocycles. The zero-order chi connectivity index (χ0) is 19.5. The number of rotatable bonds is 5. The molecule has 0 unspecified atom stereocenters. The number of hydrogen-bond donors (Lipinski definition) is 2. The zero-order valence-electron chi connectivity index (χ0n) is 14.3. The van der Waals surface area contributed by atoms with E-state index in [4.69, 9.17) is 9.47 Å². The highest BCUT2D eigenvalue weighted by Crippen LogP contribution is 2.34. The van der Waals surface area contributed by atoms with E-state index in [2.05, 4.69) is 20.8 Å². The highest BCUT2D eigenvalue weighted by molar-refractivity contribution is 7.13. The smallest absolute Gasteiger partial charge is 0.286 e. The van der Waals surface area contributed by atoms with Crippen molar-refractivity contribution in [3.8, 4) is 11.5 Å². The third-order valence-corrected chi connectivity index (χ3v) is 4.70. The molecule has 142 valence electrons. The van der Waals surface area contributed by atoms with Crippen LogP contribution in [0.4, 0.5) is 10.1 Å². The first kappa shape index (κ1) is 17.9. The van der Waals surface area contributed by atoms with Crippen molar-refractivity contribution in [1.82, 2.24) is 15.5 Å². The van der Waals surface area contributed by atoms with Crippen LogP contribution in [0.15, 0.2) is 42.5 Å². The second-order valence-electron chi connectivity index (χ2n) is 5.72. The molecular weight excluding hydrogens is 387 g/mol. The van der Waals surface area contributed by atoms with E-state index in [1.165, 1.54) is 18.2 Å². The van der Waals surface area contributed by atoms with Crippen LogP contribution in [-0.4, -0.2) is 28.8 Å². The maximum absolute atomic E-state index is 13.2. The van der Waals surface area contributed by atoms with Gasteiger partial charge in [0.25, 0.3) is 11.8 Å². The Bertz CT molecular complexity index is 1060. The Balaban J connectivity index is 1.36. The number of anilines is 1. The van der Waals surface area contributed by atoms with Crippen LogP contribution in [0.2, 0.25) is 0 Å². The summed E-state index contributed by atoms with van der Waals surface area (Å²) in [4.78, 5) is 24.3. The van der Waals surface area contributed by atoms with Crippen molar-refractivity contribution in [3.63, 3.8) is 0 Å². The summed E-state index contributed by atoms with van der Waals surface area (Å²) >= 11 is 1.05. The molecule has 0 aliphatic carbocycles. The van der Waals surface area contributed by atoms with Gasteiger partial charge in [-0.05, 0) is 30.3 Å². The molecule has 2 aromatic carbocycles. The molecule has 0 saturated heterocycles. The van der Waals surface area contributed by atoms with Crippen molar-refractivity contribution < 1.29 is 23.5 Å². The third-order valence-electron chi connectivity index (χ3n) is 3.78. The number of halogens is 1. The molecule has 3 aromatic rings. The lowest BCUT2D eigenvalue weighted by atomic mass is 10.2. The number of benzene rings is 2. The van der Waals surface area contributed by atoms with Crippen LogP contribution in [-0.2, 0) is 6.54 Å². The molecular formula is C18H13FN4O4S. The van der Waals surface area contributed by atoms with Gasteiger partial charge in [-0.3, -0.25) is 9.59 Å². The molecule has 1 aromatic heterocycles. The quantitative estimate of drug-likeness (QED) is 0.683. The molecule has 0 atom stereocenters. The van der Waals surface area contributed by atoms with Gasteiger partial charge >= 0.3 is 0 Å². The number of carbonyl (C=O) groups excluding carboxylic acids is 2. The van der Waals surface area contributed by atoms with Gasteiger partial charge in [-0.1, -0.05) is 17.4 Å². The average molecular weight is 400 g/mol. The number of nitrogens with zero attached hydrogens (tertiary/aromatic N) is 2. The van der Waals surface area contributed by atoms with Crippen LogP contribution in [0.25, 0.3) is 0 Å². The Hall–Kier alpha value is -3.53. The monoisotopic (exact) mass is 400 g/mol. The van der Waals surface area contributed by atoms with Gasteiger partial charge in [-0.15, -0.1) is 10.2 Å². The van der Waals surface area contributed by atoms with Gasteiger partial charge in [0.15, 0.2) is 11.5 Å². The van der Waals surface area contributed by atoms with Crippen LogP contribution in [0.3, 0.4) is 0 Å². The molecule has 28 heavy (non-hydrogen) atoms. The fourth-order valence-electron chi connectivity index (χ4n) is 2.46. The van der Waals surface area contributed by atoms with E-state index in [9.17, 15) is 14.0 Å². The molecule has 0 fully saturated rings. The molecule has 1 aliphatic rings. The Morgan fingerprint density at radius 1 is 1.07 bits per heavy atom. The minimum atomic E-state index is -0.494. The first-order valence-electron chi connectivity index (χ1n) is 8.15. The molecule has 2 heterocycles. The van der Waals surface area contributed by atoms with Gasteiger partial charge < -0.3 is 20.1 Å². The SMILES string of the molecule is O=C(NCc1nnc(C(=O)Nc2ccc3c(c2)OCO3)s1)c1cccc(F)c1. The normalized spacial score (nSPS) is 11.9. The Morgan fingerprint density at radius 2 is 1.93 bits per heavy atom. The second-order valence-corrected chi connectivity index (χ2v) is 6.78. The maximum Gasteiger partial charge on any atom is 0.286 e.